The van der Waals surface area contributed by atoms with Crippen LogP contribution in [0, 0.1) is 0 Å². The summed E-state index contributed by atoms with van der Waals surface area (Å²) in [7, 11) is 0. The summed E-state index contributed by atoms with van der Waals surface area (Å²) in [6.07, 6.45) is -2.25. The number of rotatable bonds is 5. The molecule has 0 aliphatic carbocycles. The molecule has 0 saturated carbocycles. The molecule has 0 spiro atoms. The maximum Gasteiger partial charge on any atom is 0.296 e. The Morgan fingerprint density at radius 3 is 2.71 bits per heavy atom. The van der Waals surface area contributed by atoms with Crippen LogP contribution in [0.1, 0.15) is 35.4 Å². The molecular weight excluding hydrogens is 276 g/mol. The van der Waals surface area contributed by atoms with Crippen LogP contribution in [-0.4, -0.2) is 40.5 Å². The van der Waals surface area contributed by atoms with Gasteiger partial charge in [0, 0.05) is 19.0 Å². The summed E-state index contributed by atoms with van der Waals surface area (Å²) in [6.45, 7) is 1.57. The molecule has 1 aliphatic heterocycles. The number of amides is 2. The van der Waals surface area contributed by atoms with E-state index >= 15 is 0 Å². The van der Waals surface area contributed by atoms with Gasteiger partial charge in [-0.05, 0) is 12.5 Å². The first kappa shape index (κ1) is 15.1. The zero-order chi connectivity index (χ0) is 15.6. The van der Waals surface area contributed by atoms with E-state index in [1.54, 1.807) is 0 Å². The van der Waals surface area contributed by atoms with Crippen molar-refractivity contribution in [2.24, 2.45) is 0 Å². The van der Waals surface area contributed by atoms with Crippen molar-refractivity contribution in [1.82, 2.24) is 5.32 Å². The number of fused-ring (bicyclic) bond motifs is 1. The van der Waals surface area contributed by atoms with Crippen molar-refractivity contribution in [3.63, 3.8) is 0 Å². The smallest absolute Gasteiger partial charge is 0.296 e. The van der Waals surface area contributed by atoms with Crippen LogP contribution >= 0.6 is 0 Å². The lowest BCUT2D eigenvalue weighted by Gasteiger charge is -2.20. The molecule has 1 aromatic rings. The minimum atomic E-state index is -1.26. The van der Waals surface area contributed by atoms with Gasteiger partial charge in [-0.25, -0.2) is 0 Å². The first-order valence-corrected chi connectivity index (χ1v) is 6.51. The summed E-state index contributed by atoms with van der Waals surface area (Å²) in [6, 6.07) is 4.55. The molecule has 21 heavy (non-hydrogen) atoms. The first-order chi connectivity index (χ1) is 9.91. The second-order valence-corrected chi connectivity index (χ2v) is 4.84. The number of hydrogen-bond donors (Lipinski definition) is 4. The van der Waals surface area contributed by atoms with Gasteiger partial charge in [0.15, 0.2) is 0 Å². The van der Waals surface area contributed by atoms with Crippen molar-refractivity contribution in [3.8, 4) is 0 Å². The molecule has 2 rings (SSSR count). The molecule has 0 bridgehead atoms. The van der Waals surface area contributed by atoms with Crippen LogP contribution in [0.3, 0.4) is 0 Å². The summed E-state index contributed by atoms with van der Waals surface area (Å²) >= 11 is 0. The van der Waals surface area contributed by atoms with E-state index in [1.807, 2.05) is 0 Å². The van der Waals surface area contributed by atoms with Crippen LogP contribution in [0.4, 0.5) is 5.69 Å². The fourth-order valence-electron chi connectivity index (χ4n) is 2.20. The molecule has 112 valence electrons. The number of para-hydroxylation sites is 1. The second kappa shape index (κ2) is 6.02. The number of aliphatic hydroxyl groups excluding tert-OH is 2. The first-order valence-electron chi connectivity index (χ1n) is 6.51. The average Bonchev–Trinajstić information content (AvgIpc) is 2.73. The Hall–Kier alpha value is -2.25. The van der Waals surface area contributed by atoms with Crippen LogP contribution < -0.4 is 10.6 Å². The largest absolute Gasteiger partial charge is 0.390 e. The molecule has 0 fully saturated rings. The van der Waals surface area contributed by atoms with Crippen LogP contribution in [0.25, 0.3) is 0 Å². The monoisotopic (exact) mass is 292 g/mol. The molecule has 2 unspecified atom stereocenters. The van der Waals surface area contributed by atoms with Crippen molar-refractivity contribution >= 4 is 23.3 Å². The number of anilines is 1. The van der Waals surface area contributed by atoms with Gasteiger partial charge in [0.1, 0.15) is 6.10 Å². The van der Waals surface area contributed by atoms with E-state index in [2.05, 4.69) is 10.6 Å². The quantitative estimate of drug-likeness (QED) is 0.558. The van der Waals surface area contributed by atoms with Gasteiger partial charge in [0.25, 0.3) is 11.7 Å². The molecule has 0 saturated heterocycles. The van der Waals surface area contributed by atoms with Crippen molar-refractivity contribution in [2.75, 3.05) is 11.9 Å². The van der Waals surface area contributed by atoms with E-state index < -0.39 is 23.9 Å². The van der Waals surface area contributed by atoms with Crippen molar-refractivity contribution in [2.45, 2.75) is 25.6 Å². The fourth-order valence-corrected chi connectivity index (χ4v) is 2.20. The standard InChI is InChI=1S/C14H16N2O5/c1-7(17)15-6-5-10(18)12(19)8-3-2-4-9-11(8)16-14(21)13(9)20/h2-4,10,12,18-19H,5-6H2,1H3,(H,15,17)(H,16,20,21). The highest BCUT2D eigenvalue weighted by Crippen LogP contribution is 2.33. The van der Waals surface area contributed by atoms with Gasteiger partial charge in [-0.1, -0.05) is 12.1 Å². The zero-order valence-electron chi connectivity index (χ0n) is 11.4. The molecule has 7 nitrogen and oxygen atoms in total. The highest BCUT2D eigenvalue weighted by atomic mass is 16.3. The maximum absolute atomic E-state index is 11.6. The number of Topliss-reactive ketones (excluding diaryl/α,β-unsaturated/α-hetero) is 1. The van der Waals surface area contributed by atoms with E-state index in [1.165, 1.54) is 25.1 Å². The number of carbonyl (C=O) groups is 3. The lowest BCUT2D eigenvalue weighted by Crippen LogP contribution is -2.28. The minimum absolute atomic E-state index is 0.145. The van der Waals surface area contributed by atoms with Gasteiger partial charge in [-0.15, -0.1) is 0 Å². The predicted octanol–water partition coefficient (Wildman–Crippen LogP) is -0.258. The number of nitrogens with one attached hydrogen (secondary N) is 2. The van der Waals surface area contributed by atoms with Crippen LogP contribution in [0.2, 0.25) is 0 Å². The molecule has 2 atom stereocenters. The van der Waals surface area contributed by atoms with Gasteiger partial charge >= 0.3 is 0 Å². The lowest BCUT2D eigenvalue weighted by atomic mass is 9.98. The third-order valence-electron chi connectivity index (χ3n) is 3.28. The highest BCUT2D eigenvalue weighted by Gasteiger charge is 2.32. The Morgan fingerprint density at radius 1 is 1.33 bits per heavy atom. The fraction of sp³-hybridized carbons (Fsp3) is 0.357. The molecule has 1 heterocycles. The van der Waals surface area contributed by atoms with Gasteiger partial charge in [0.05, 0.1) is 17.4 Å². The third kappa shape index (κ3) is 3.09. The van der Waals surface area contributed by atoms with Gasteiger partial charge in [-0.2, -0.15) is 0 Å². The Balaban J connectivity index is 2.14. The van der Waals surface area contributed by atoms with E-state index in [9.17, 15) is 24.6 Å². The minimum Gasteiger partial charge on any atom is -0.390 e. The summed E-state index contributed by atoms with van der Waals surface area (Å²) in [5, 5.41) is 25.0. The van der Waals surface area contributed by atoms with E-state index in [4.69, 9.17) is 0 Å². The van der Waals surface area contributed by atoms with E-state index in [0.717, 1.165) is 0 Å². The van der Waals surface area contributed by atoms with Gasteiger partial charge in [-0.3, -0.25) is 14.4 Å². The lowest BCUT2D eigenvalue weighted by molar-refractivity contribution is -0.119. The number of aliphatic hydroxyl groups is 2. The molecule has 0 radical (unpaired) electrons. The molecule has 4 N–H and O–H groups in total. The predicted molar refractivity (Wildman–Crippen MR) is 73.7 cm³/mol. The van der Waals surface area contributed by atoms with Crippen LogP contribution in [-0.2, 0) is 9.59 Å². The molecule has 2 amide bonds. The van der Waals surface area contributed by atoms with E-state index in [0.29, 0.717) is 0 Å². The van der Waals surface area contributed by atoms with Crippen molar-refractivity contribution in [3.05, 3.63) is 29.3 Å². The third-order valence-corrected chi connectivity index (χ3v) is 3.28. The SMILES string of the molecule is CC(=O)NCCC(O)C(O)c1cccc2c1NC(=O)C2=O. The summed E-state index contributed by atoms with van der Waals surface area (Å²) in [5.41, 5.74) is 0.700. The second-order valence-electron chi connectivity index (χ2n) is 4.84. The summed E-state index contributed by atoms with van der Waals surface area (Å²) < 4.78 is 0. The Kier molecular flexibility index (Phi) is 4.35. The van der Waals surface area contributed by atoms with Crippen molar-refractivity contribution in [1.29, 1.82) is 0 Å². The number of carbonyl (C=O) groups excluding carboxylic acids is 3. The Bertz CT molecular complexity index is 599. The topological polar surface area (TPSA) is 116 Å². The normalized spacial score (nSPS) is 16.1. The van der Waals surface area contributed by atoms with Crippen molar-refractivity contribution < 1.29 is 24.6 Å². The number of hydrogen-bond acceptors (Lipinski definition) is 5. The summed E-state index contributed by atoms with van der Waals surface area (Å²) in [4.78, 5) is 33.7. The summed E-state index contributed by atoms with van der Waals surface area (Å²) in [5.74, 6) is -1.64. The van der Waals surface area contributed by atoms with E-state index in [-0.39, 0.29) is 35.7 Å². The maximum atomic E-state index is 11.6. The number of benzene rings is 1. The zero-order valence-corrected chi connectivity index (χ0v) is 11.4. The van der Waals surface area contributed by atoms with Crippen LogP contribution in [0.15, 0.2) is 18.2 Å². The molecule has 0 aromatic heterocycles. The van der Waals surface area contributed by atoms with Gasteiger partial charge in [0.2, 0.25) is 5.91 Å². The highest BCUT2D eigenvalue weighted by molar-refractivity contribution is 6.51. The molecular formula is C14H16N2O5. The Morgan fingerprint density at radius 2 is 2.05 bits per heavy atom. The molecule has 7 heteroatoms. The molecule has 1 aromatic carbocycles. The van der Waals surface area contributed by atoms with Gasteiger partial charge < -0.3 is 20.8 Å². The Labute approximate surface area is 121 Å². The van der Waals surface area contributed by atoms with Crippen LogP contribution in [0.5, 0.6) is 0 Å². The average molecular weight is 292 g/mol. The molecule has 1 aliphatic rings. The number of ketones is 1.